The highest BCUT2D eigenvalue weighted by atomic mass is 35.5. The van der Waals surface area contributed by atoms with Gasteiger partial charge in [0.15, 0.2) is 17.3 Å². The molecule has 0 saturated heterocycles. The van der Waals surface area contributed by atoms with E-state index >= 15 is 0 Å². The standard InChI is InChI=1S/C20H23ClN2O5/c1-10-23-18-14(21)7-11(8-17(18)28-10)19(25)13-9-12(13)16(24)6-4-2-3-5-15(22)20(26)27/h7-8,12-13,15H,2-6,9,22H2,1H3,(H,26,27)/t12-,13-,15-/m0/s1. The number of aromatic nitrogens is 1. The number of nitrogens with zero attached hydrogens (tertiary/aromatic N) is 1. The molecule has 0 spiro atoms. The number of carboxylic acids is 1. The van der Waals surface area contributed by atoms with Crippen LogP contribution in [-0.2, 0) is 9.59 Å². The number of aryl methyl sites for hydroxylation is 1. The second-order valence-electron chi connectivity index (χ2n) is 7.36. The highest BCUT2D eigenvalue weighted by Crippen LogP contribution is 2.43. The van der Waals surface area contributed by atoms with Gasteiger partial charge in [-0.15, -0.1) is 0 Å². The van der Waals surface area contributed by atoms with E-state index in [1.54, 1.807) is 19.1 Å². The Kier molecular flexibility index (Phi) is 6.15. The van der Waals surface area contributed by atoms with Crippen LogP contribution in [0.15, 0.2) is 16.5 Å². The Morgan fingerprint density at radius 3 is 2.75 bits per heavy atom. The normalized spacial score (nSPS) is 19.5. The van der Waals surface area contributed by atoms with E-state index in [1.165, 1.54) is 0 Å². The summed E-state index contributed by atoms with van der Waals surface area (Å²) in [7, 11) is 0. The number of carbonyl (C=O) groups is 3. The fraction of sp³-hybridized carbons (Fsp3) is 0.500. The second kappa shape index (κ2) is 8.41. The lowest BCUT2D eigenvalue weighted by Crippen LogP contribution is -2.29. The SMILES string of the molecule is Cc1nc2c(Cl)cc(C(=O)[C@H]3C[C@@H]3C(=O)CCCCC[C@H](N)C(=O)O)cc2o1. The van der Waals surface area contributed by atoms with Crippen molar-refractivity contribution in [3.8, 4) is 0 Å². The van der Waals surface area contributed by atoms with Gasteiger partial charge in [0.1, 0.15) is 17.3 Å². The van der Waals surface area contributed by atoms with Gasteiger partial charge in [-0.1, -0.05) is 24.4 Å². The van der Waals surface area contributed by atoms with Crippen molar-refractivity contribution in [1.29, 1.82) is 0 Å². The van der Waals surface area contributed by atoms with Crippen molar-refractivity contribution in [3.05, 3.63) is 28.6 Å². The van der Waals surface area contributed by atoms with E-state index in [0.717, 1.165) is 6.42 Å². The van der Waals surface area contributed by atoms with Crippen molar-refractivity contribution in [2.45, 2.75) is 51.5 Å². The monoisotopic (exact) mass is 406 g/mol. The van der Waals surface area contributed by atoms with Crippen LogP contribution in [0.4, 0.5) is 0 Å². The lowest BCUT2D eigenvalue weighted by Gasteiger charge is -2.05. The van der Waals surface area contributed by atoms with Gasteiger partial charge in [0.25, 0.3) is 0 Å². The Balaban J connectivity index is 1.49. The molecule has 3 N–H and O–H groups in total. The largest absolute Gasteiger partial charge is 0.480 e. The van der Waals surface area contributed by atoms with E-state index in [2.05, 4.69) is 4.98 Å². The third-order valence-electron chi connectivity index (χ3n) is 5.14. The fourth-order valence-electron chi connectivity index (χ4n) is 3.45. The fourth-order valence-corrected chi connectivity index (χ4v) is 3.70. The van der Waals surface area contributed by atoms with Crippen LogP contribution in [0.25, 0.3) is 11.1 Å². The van der Waals surface area contributed by atoms with E-state index in [1.807, 2.05) is 0 Å². The first-order chi connectivity index (χ1) is 13.3. The highest BCUT2D eigenvalue weighted by molar-refractivity contribution is 6.35. The number of rotatable bonds is 10. The smallest absolute Gasteiger partial charge is 0.320 e. The number of hydrogen-bond acceptors (Lipinski definition) is 6. The number of Topliss-reactive ketones (excluding diaryl/α,β-unsaturated/α-hetero) is 2. The minimum absolute atomic E-state index is 0.0866. The Labute approximate surface area is 167 Å². The summed E-state index contributed by atoms with van der Waals surface area (Å²) in [6.07, 6.45) is 3.46. The number of carbonyl (C=O) groups excluding carboxylic acids is 2. The van der Waals surface area contributed by atoms with E-state index in [0.29, 0.717) is 59.7 Å². The number of hydrogen-bond donors (Lipinski definition) is 2. The average molecular weight is 407 g/mol. The summed E-state index contributed by atoms with van der Waals surface area (Å²) in [6.45, 7) is 1.71. The lowest BCUT2D eigenvalue weighted by molar-refractivity contribution is -0.138. The summed E-state index contributed by atoms with van der Waals surface area (Å²) in [5.74, 6) is -1.07. The maximum Gasteiger partial charge on any atom is 0.320 e. The van der Waals surface area contributed by atoms with Gasteiger partial charge < -0.3 is 15.3 Å². The van der Waals surface area contributed by atoms with E-state index in [9.17, 15) is 14.4 Å². The molecule has 1 fully saturated rings. The zero-order valence-electron chi connectivity index (χ0n) is 15.6. The van der Waals surface area contributed by atoms with Crippen molar-refractivity contribution in [3.63, 3.8) is 0 Å². The summed E-state index contributed by atoms with van der Waals surface area (Å²) in [4.78, 5) is 39.8. The van der Waals surface area contributed by atoms with Gasteiger partial charge in [0.05, 0.1) is 5.02 Å². The number of benzene rings is 1. The molecule has 1 aromatic heterocycles. The van der Waals surface area contributed by atoms with Crippen LogP contribution in [0.1, 0.15) is 54.8 Å². The molecule has 3 rings (SSSR count). The summed E-state index contributed by atoms with van der Waals surface area (Å²) in [5, 5.41) is 9.09. The molecule has 1 aromatic carbocycles. The van der Waals surface area contributed by atoms with Crippen LogP contribution < -0.4 is 5.73 Å². The molecule has 0 unspecified atom stereocenters. The van der Waals surface area contributed by atoms with Gasteiger partial charge in [-0.3, -0.25) is 14.4 Å². The van der Waals surface area contributed by atoms with Gasteiger partial charge >= 0.3 is 5.97 Å². The van der Waals surface area contributed by atoms with Gasteiger partial charge in [-0.2, -0.15) is 0 Å². The highest BCUT2D eigenvalue weighted by Gasteiger charge is 2.47. The Morgan fingerprint density at radius 1 is 1.29 bits per heavy atom. The van der Waals surface area contributed by atoms with Crippen molar-refractivity contribution in [1.82, 2.24) is 4.98 Å². The van der Waals surface area contributed by atoms with Crippen LogP contribution in [0.2, 0.25) is 5.02 Å². The second-order valence-corrected chi connectivity index (χ2v) is 7.77. The lowest BCUT2D eigenvalue weighted by atomic mass is 10.0. The quantitative estimate of drug-likeness (QED) is 0.456. The molecule has 0 bridgehead atoms. The summed E-state index contributed by atoms with van der Waals surface area (Å²) in [6, 6.07) is 2.37. The molecule has 150 valence electrons. The molecule has 0 aliphatic heterocycles. The molecule has 2 aromatic rings. The van der Waals surface area contributed by atoms with Crippen LogP contribution in [0.5, 0.6) is 0 Å². The Hall–Kier alpha value is -2.25. The van der Waals surface area contributed by atoms with Crippen LogP contribution in [-0.4, -0.2) is 33.7 Å². The molecule has 3 atom stereocenters. The summed E-state index contributed by atoms with van der Waals surface area (Å²) < 4.78 is 5.46. The third-order valence-corrected chi connectivity index (χ3v) is 5.42. The number of aliphatic carboxylic acids is 1. The Morgan fingerprint density at radius 2 is 2.04 bits per heavy atom. The minimum Gasteiger partial charge on any atom is -0.480 e. The zero-order chi connectivity index (χ0) is 20.4. The van der Waals surface area contributed by atoms with Crippen LogP contribution in [0.3, 0.4) is 0 Å². The molecular weight excluding hydrogens is 384 g/mol. The van der Waals surface area contributed by atoms with E-state index in [4.69, 9.17) is 26.9 Å². The van der Waals surface area contributed by atoms with Crippen molar-refractivity contribution in [2.24, 2.45) is 17.6 Å². The first-order valence-corrected chi connectivity index (χ1v) is 9.77. The third kappa shape index (κ3) is 4.59. The van der Waals surface area contributed by atoms with Gasteiger partial charge in [0, 0.05) is 30.7 Å². The predicted molar refractivity (Wildman–Crippen MR) is 103 cm³/mol. The Bertz CT molecular complexity index is 923. The van der Waals surface area contributed by atoms with Crippen LogP contribution >= 0.6 is 11.6 Å². The molecular formula is C20H23ClN2O5. The number of oxazole rings is 1. The molecule has 0 amide bonds. The summed E-state index contributed by atoms with van der Waals surface area (Å²) in [5.41, 5.74) is 6.89. The molecule has 1 heterocycles. The maximum atomic E-state index is 12.7. The van der Waals surface area contributed by atoms with E-state index in [-0.39, 0.29) is 23.4 Å². The number of halogens is 1. The van der Waals surface area contributed by atoms with Gasteiger partial charge in [-0.25, -0.2) is 4.98 Å². The topological polar surface area (TPSA) is 123 Å². The maximum absolute atomic E-state index is 12.7. The summed E-state index contributed by atoms with van der Waals surface area (Å²) >= 11 is 6.20. The average Bonchev–Trinajstić information content (AvgIpc) is 3.35. The number of unbranched alkanes of at least 4 members (excludes halogenated alkanes) is 2. The first kappa shape index (κ1) is 20.5. The predicted octanol–water partition coefficient (Wildman–Crippen LogP) is 3.54. The number of fused-ring (bicyclic) bond motifs is 1. The number of nitrogens with two attached hydrogens (primary N) is 1. The molecule has 1 saturated carbocycles. The van der Waals surface area contributed by atoms with Crippen molar-refractivity contribution >= 4 is 40.2 Å². The van der Waals surface area contributed by atoms with Crippen LogP contribution in [0, 0.1) is 18.8 Å². The van der Waals surface area contributed by atoms with Gasteiger partial charge in [-0.05, 0) is 31.4 Å². The molecule has 28 heavy (non-hydrogen) atoms. The molecule has 1 aliphatic carbocycles. The number of carboxylic acid groups (broad SMARTS) is 1. The molecule has 8 heteroatoms. The van der Waals surface area contributed by atoms with Crippen molar-refractivity contribution < 1.29 is 23.9 Å². The first-order valence-electron chi connectivity index (χ1n) is 9.40. The number of ketones is 2. The molecule has 0 radical (unpaired) electrons. The zero-order valence-corrected chi connectivity index (χ0v) is 16.4. The minimum atomic E-state index is -1.01. The molecule has 1 aliphatic rings. The van der Waals surface area contributed by atoms with Crippen molar-refractivity contribution in [2.75, 3.05) is 0 Å². The molecule has 7 nitrogen and oxygen atoms in total. The van der Waals surface area contributed by atoms with Gasteiger partial charge in [0.2, 0.25) is 0 Å². The van der Waals surface area contributed by atoms with E-state index < -0.39 is 12.0 Å².